The summed E-state index contributed by atoms with van der Waals surface area (Å²) in [5.41, 5.74) is -0.336. The van der Waals surface area contributed by atoms with Gasteiger partial charge in [0.1, 0.15) is 11.5 Å². The number of nitrogens with zero attached hydrogens (tertiary/aromatic N) is 1. The Balaban J connectivity index is 1.33. The van der Waals surface area contributed by atoms with Gasteiger partial charge in [0.25, 0.3) is 0 Å². The number of fused-ring (bicyclic) bond motifs is 7. The van der Waals surface area contributed by atoms with Crippen LogP contribution in [0, 0.1) is 56.7 Å². The molecule has 5 fully saturated rings. The lowest BCUT2D eigenvalue weighted by molar-refractivity contribution is -0.221. The van der Waals surface area contributed by atoms with E-state index in [1.54, 1.807) is 0 Å². The van der Waals surface area contributed by atoms with Crippen LogP contribution in [0.5, 0.6) is 0 Å². The molecule has 1 saturated heterocycles. The molecule has 1 heterocycles. The summed E-state index contributed by atoms with van der Waals surface area (Å²) >= 11 is 0. The monoisotopic (exact) mass is 595 g/mol. The molecule has 0 unspecified atom stereocenters. The number of rotatable bonds is 4. The van der Waals surface area contributed by atoms with Crippen molar-refractivity contribution in [2.45, 2.75) is 125 Å². The Hall–Kier alpha value is -1.69. The van der Waals surface area contributed by atoms with Crippen LogP contribution in [0.25, 0.3) is 0 Å². The zero-order valence-electron chi connectivity index (χ0n) is 28.0. The molecular weight excluding hydrogens is 538 g/mol. The zero-order chi connectivity index (χ0) is 31.2. The van der Waals surface area contributed by atoms with Gasteiger partial charge in [-0.3, -0.25) is 19.3 Å². The van der Waals surface area contributed by atoms with Gasteiger partial charge in [-0.2, -0.15) is 0 Å². The van der Waals surface area contributed by atoms with Crippen molar-refractivity contribution in [3.63, 3.8) is 0 Å². The van der Waals surface area contributed by atoms with E-state index < -0.39 is 22.9 Å². The first-order valence-electron chi connectivity index (χ1n) is 17.5. The van der Waals surface area contributed by atoms with Gasteiger partial charge in [0.05, 0.1) is 6.54 Å². The van der Waals surface area contributed by atoms with Crippen LogP contribution in [0.4, 0.5) is 0 Å². The highest BCUT2D eigenvalue weighted by atomic mass is 16.5. The Kier molecular flexibility index (Phi) is 7.59. The highest BCUT2D eigenvalue weighted by molar-refractivity contribution is 5.96. The molecule has 0 amide bonds. The first-order chi connectivity index (χ1) is 20.1. The largest absolute Gasteiger partial charge is 0.481 e. The molecule has 1 aliphatic heterocycles. The number of likely N-dealkylation sites (tertiary alicyclic amines) is 1. The lowest BCUT2D eigenvalue weighted by Gasteiger charge is -2.70. The number of ketones is 1. The summed E-state index contributed by atoms with van der Waals surface area (Å²) < 4.78 is 6.09. The number of aliphatic carboxylic acids is 1. The van der Waals surface area contributed by atoms with Crippen LogP contribution in [0.1, 0.15) is 119 Å². The van der Waals surface area contributed by atoms with Gasteiger partial charge in [0, 0.05) is 5.92 Å². The third kappa shape index (κ3) is 4.37. The number of carboxylic acids is 1. The fourth-order valence-corrected chi connectivity index (χ4v) is 12.3. The average Bonchev–Trinajstić information content (AvgIpc) is 2.94. The van der Waals surface area contributed by atoms with Crippen LogP contribution in [0.2, 0.25) is 0 Å². The van der Waals surface area contributed by atoms with Crippen LogP contribution in [0.3, 0.4) is 0 Å². The smallest absolute Gasteiger partial charge is 0.320 e. The summed E-state index contributed by atoms with van der Waals surface area (Å²) in [5, 5.41) is 10.8. The minimum absolute atomic E-state index is 0.0769. The predicted octanol–water partition coefficient (Wildman–Crippen LogP) is 7.31. The molecule has 0 spiro atoms. The quantitative estimate of drug-likeness (QED) is 0.343. The van der Waals surface area contributed by atoms with Crippen molar-refractivity contribution in [2.75, 3.05) is 19.6 Å². The third-order valence-corrected chi connectivity index (χ3v) is 15.3. The molecule has 240 valence electrons. The van der Waals surface area contributed by atoms with E-state index in [1.807, 2.05) is 6.92 Å². The number of allylic oxidation sites excluding steroid dienone is 2. The molecule has 0 bridgehead atoms. The summed E-state index contributed by atoms with van der Waals surface area (Å²) in [6.07, 6.45) is 12.4. The number of hydrogen-bond donors (Lipinski definition) is 1. The Morgan fingerprint density at radius 2 is 1.63 bits per heavy atom. The fourth-order valence-electron chi connectivity index (χ4n) is 12.3. The van der Waals surface area contributed by atoms with Crippen LogP contribution >= 0.6 is 0 Å². The lowest BCUT2D eigenvalue weighted by atomic mass is 9.33. The van der Waals surface area contributed by atoms with Crippen LogP contribution in [0.15, 0.2) is 11.6 Å². The molecule has 6 heteroatoms. The zero-order valence-corrected chi connectivity index (χ0v) is 28.0. The molecule has 0 aromatic heterocycles. The maximum absolute atomic E-state index is 14.6. The number of piperidine rings is 1. The highest BCUT2D eigenvalue weighted by Gasteiger charge is 2.72. The Morgan fingerprint density at radius 3 is 2.30 bits per heavy atom. The van der Waals surface area contributed by atoms with Crippen molar-refractivity contribution in [1.82, 2.24) is 4.90 Å². The van der Waals surface area contributed by atoms with Gasteiger partial charge in [-0.25, -0.2) is 0 Å². The van der Waals surface area contributed by atoms with Gasteiger partial charge in [0.2, 0.25) is 0 Å². The second-order valence-electron chi connectivity index (χ2n) is 17.2. The van der Waals surface area contributed by atoms with Crippen molar-refractivity contribution in [3.05, 3.63) is 11.6 Å². The fraction of sp³-hybridized carbons (Fsp3) is 0.865. The molecule has 1 N–H and O–H groups in total. The third-order valence-electron chi connectivity index (χ3n) is 15.3. The molecule has 0 aromatic rings. The summed E-state index contributed by atoms with van der Waals surface area (Å²) in [4.78, 5) is 43.1. The Morgan fingerprint density at radius 1 is 0.930 bits per heavy atom. The van der Waals surface area contributed by atoms with E-state index in [2.05, 4.69) is 52.5 Å². The van der Waals surface area contributed by atoms with Crippen molar-refractivity contribution >= 4 is 17.7 Å². The molecular formula is C37H57NO5. The Labute approximate surface area is 259 Å². The molecule has 6 rings (SSSR count). The SMILES string of the molecule is C[C@H]1[C@H](C)CC[C@]2(C)CC[C@]3(C)C(=CC(=O)[C@@H]4[C@@]5(C)CC[C@@H](OC(=O)CN6CCCCC6)[C@](C)(C(=O)O)[C@@H]5CC[C@]43C)[C@H]12. The summed E-state index contributed by atoms with van der Waals surface area (Å²) in [6, 6.07) is 0. The van der Waals surface area contributed by atoms with Gasteiger partial charge in [-0.1, -0.05) is 53.5 Å². The summed E-state index contributed by atoms with van der Waals surface area (Å²) in [7, 11) is 0. The van der Waals surface area contributed by atoms with Gasteiger partial charge < -0.3 is 9.84 Å². The minimum atomic E-state index is -1.23. The summed E-state index contributed by atoms with van der Waals surface area (Å²) in [6.45, 7) is 18.2. The van der Waals surface area contributed by atoms with Crippen molar-refractivity contribution in [3.8, 4) is 0 Å². The number of carbonyl (C=O) groups is 3. The van der Waals surface area contributed by atoms with Crippen molar-refractivity contribution in [2.24, 2.45) is 56.7 Å². The maximum atomic E-state index is 14.6. The molecule has 4 saturated carbocycles. The van der Waals surface area contributed by atoms with E-state index in [1.165, 1.54) is 31.3 Å². The van der Waals surface area contributed by atoms with E-state index in [0.29, 0.717) is 30.6 Å². The number of carboxylic acid groups (broad SMARTS) is 1. The number of esters is 1. The number of carbonyl (C=O) groups excluding carboxylic acids is 2. The normalized spacial score (nSPS) is 49.9. The molecule has 6 nitrogen and oxygen atoms in total. The van der Waals surface area contributed by atoms with E-state index in [9.17, 15) is 19.5 Å². The molecule has 6 aliphatic rings. The van der Waals surface area contributed by atoms with Crippen LogP contribution in [-0.2, 0) is 19.1 Å². The second kappa shape index (κ2) is 10.4. The minimum Gasteiger partial charge on any atom is -0.481 e. The first kappa shape index (κ1) is 31.3. The van der Waals surface area contributed by atoms with E-state index in [-0.39, 0.29) is 46.4 Å². The molecule has 0 radical (unpaired) electrons. The highest BCUT2D eigenvalue weighted by Crippen LogP contribution is 2.75. The second-order valence-corrected chi connectivity index (χ2v) is 17.2. The van der Waals surface area contributed by atoms with Gasteiger partial charge in [0.15, 0.2) is 5.78 Å². The van der Waals surface area contributed by atoms with Gasteiger partial charge >= 0.3 is 11.9 Å². The van der Waals surface area contributed by atoms with Gasteiger partial charge in [-0.05, 0) is 136 Å². The van der Waals surface area contributed by atoms with Gasteiger partial charge in [-0.15, -0.1) is 0 Å². The first-order valence-corrected chi connectivity index (χ1v) is 17.5. The average molecular weight is 596 g/mol. The van der Waals surface area contributed by atoms with Crippen LogP contribution < -0.4 is 0 Å². The van der Waals surface area contributed by atoms with Crippen molar-refractivity contribution < 1.29 is 24.2 Å². The number of ether oxygens (including phenoxy) is 1. The molecule has 0 aromatic carbocycles. The molecule has 5 aliphatic carbocycles. The topological polar surface area (TPSA) is 83.9 Å². The molecule has 11 atom stereocenters. The predicted molar refractivity (Wildman–Crippen MR) is 167 cm³/mol. The van der Waals surface area contributed by atoms with Crippen molar-refractivity contribution in [1.29, 1.82) is 0 Å². The molecule has 43 heavy (non-hydrogen) atoms. The summed E-state index contributed by atoms with van der Waals surface area (Å²) in [5.74, 6) is 0.199. The van der Waals surface area contributed by atoms with E-state index in [0.717, 1.165) is 45.2 Å². The van der Waals surface area contributed by atoms with E-state index in [4.69, 9.17) is 4.74 Å². The lowest BCUT2D eigenvalue weighted by Crippen LogP contribution is -2.68. The van der Waals surface area contributed by atoms with E-state index >= 15 is 0 Å². The standard InChI is InChI=1S/C37H57NO5/c1-23-11-14-33(3)17-18-35(5)25(30(33)24(23)2)21-26(39)31-34(4)15-13-28(43-29(40)22-38-19-9-8-10-20-38)37(7,32(41)42)27(34)12-16-36(31,35)6/h21,23-24,27-28,30-31H,8-20,22H2,1-7H3,(H,41,42)/t23-,24+,27-,28-,30+,31-,33-,34+,35-,36-,37-/m1/s1. The van der Waals surface area contributed by atoms with Crippen LogP contribution in [-0.4, -0.2) is 53.5 Å². The Bertz CT molecular complexity index is 1210. The maximum Gasteiger partial charge on any atom is 0.320 e. The number of hydrogen-bond acceptors (Lipinski definition) is 5.